The van der Waals surface area contributed by atoms with Crippen LogP contribution in [0.5, 0.6) is 0 Å². The fraction of sp³-hybridized carbons (Fsp3) is 0.316. The van der Waals surface area contributed by atoms with Gasteiger partial charge in [-0.15, -0.1) is 24.0 Å². The average Bonchev–Trinajstić information content (AvgIpc) is 2.56. The predicted octanol–water partition coefficient (Wildman–Crippen LogP) is 3.22. The summed E-state index contributed by atoms with van der Waals surface area (Å²) in [5, 5.41) is 13.9. The predicted molar refractivity (Wildman–Crippen MR) is 111 cm³/mol. The topological polar surface area (TPSA) is 47.9 Å². The molecule has 0 saturated heterocycles. The fourth-order valence-electron chi connectivity index (χ4n) is 2.26. The highest BCUT2D eigenvalue weighted by Crippen LogP contribution is 2.18. The molecule has 0 aliphatic heterocycles. The molecule has 0 saturated carbocycles. The highest BCUT2D eigenvalue weighted by Gasteiger charge is 2.23. The second kappa shape index (κ2) is 9.64. The van der Waals surface area contributed by atoms with Crippen molar-refractivity contribution in [1.29, 1.82) is 0 Å². The summed E-state index contributed by atoms with van der Waals surface area (Å²) in [6.07, 6.45) is 0. The van der Waals surface area contributed by atoms with Crippen molar-refractivity contribution in [3.8, 4) is 0 Å². The number of nitrogens with zero attached hydrogens (tertiary/aromatic N) is 2. The van der Waals surface area contributed by atoms with Crippen LogP contribution in [0.2, 0.25) is 0 Å². The summed E-state index contributed by atoms with van der Waals surface area (Å²) in [5.41, 5.74) is 1.09. The van der Waals surface area contributed by atoms with Gasteiger partial charge in [0, 0.05) is 14.1 Å². The summed E-state index contributed by atoms with van der Waals surface area (Å²) >= 11 is 0. The summed E-state index contributed by atoms with van der Waals surface area (Å²) in [4.78, 5) is 6.53. The first-order valence-corrected chi connectivity index (χ1v) is 7.76. The van der Waals surface area contributed by atoms with Crippen LogP contribution in [0.3, 0.4) is 0 Å². The first-order valence-electron chi connectivity index (χ1n) is 7.76. The monoisotopic (exact) mass is 439 g/mol. The maximum atomic E-state index is 10.7. The summed E-state index contributed by atoms with van der Waals surface area (Å²) in [6, 6.07) is 19.8. The van der Waals surface area contributed by atoms with E-state index in [9.17, 15) is 5.11 Å². The molecule has 0 aliphatic rings. The molecule has 0 aromatic heterocycles. The van der Waals surface area contributed by atoms with E-state index < -0.39 is 5.60 Å². The number of hydrogen-bond donors (Lipinski definition) is 2. The van der Waals surface area contributed by atoms with Crippen LogP contribution >= 0.6 is 24.0 Å². The molecule has 2 aromatic rings. The largest absolute Gasteiger partial charge is 0.384 e. The highest BCUT2D eigenvalue weighted by atomic mass is 127. The fourth-order valence-corrected chi connectivity index (χ4v) is 2.26. The zero-order chi connectivity index (χ0) is 16.7. The van der Waals surface area contributed by atoms with Gasteiger partial charge < -0.3 is 15.3 Å². The van der Waals surface area contributed by atoms with Gasteiger partial charge in [0.15, 0.2) is 5.96 Å². The summed E-state index contributed by atoms with van der Waals surface area (Å²) < 4.78 is 0. The van der Waals surface area contributed by atoms with E-state index in [1.165, 1.54) is 0 Å². The molecule has 4 nitrogen and oxygen atoms in total. The van der Waals surface area contributed by atoms with E-state index >= 15 is 0 Å². The van der Waals surface area contributed by atoms with Crippen LogP contribution in [0, 0.1) is 0 Å². The van der Waals surface area contributed by atoms with Gasteiger partial charge in [-0.2, -0.15) is 0 Å². The molecule has 0 heterocycles. The lowest BCUT2D eigenvalue weighted by atomic mass is 9.96. The molecule has 0 fully saturated rings. The van der Waals surface area contributed by atoms with E-state index in [4.69, 9.17) is 0 Å². The standard InChI is InChI=1S/C19H25N3O.HI/c1-19(23,17-12-8-5-9-13-17)15-21-18(22(2)3)20-14-16-10-6-4-7-11-16;/h4-13,23H,14-15H2,1-3H3,(H,20,21);1H. The molecule has 2 rings (SSSR count). The number of nitrogens with one attached hydrogen (secondary N) is 1. The van der Waals surface area contributed by atoms with E-state index in [1.54, 1.807) is 6.92 Å². The SMILES string of the molecule is CN(C)C(=NCc1ccccc1)NCC(C)(O)c1ccccc1.I. The van der Waals surface area contributed by atoms with Gasteiger partial charge in [0.05, 0.1) is 13.1 Å². The van der Waals surface area contributed by atoms with Gasteiger partial charge in [-0.25, -0.2) is 4.99 Å². The molecule has 2 aromatic carbocycles. The number of halogens is 1. The Labute approximate surface area is 161 Å². The Morgan fingerprint density at radius 2 is 1.58 bits per heavy atom. The third kappa shape index (κ3) is 6.13. The van der Waals surface area contributed by atoms with Crippen molar-refractivity contribution in [3.05, 3.63) is 71.8 Å². The zero-order valence-corrected chi connectivity index (χ0v) is 16.8. The van der Waals surface area contributed by atoms with Gasteiger partial charge in [-0.3, -0.25) is 0 Å². The van der Waals surface area contributed by atoms with Gasteiger partial charge >= 0.3 is 0 Å². The molecule has 0 bridgehead atoms. The third-order valence-electron chi connectivity index (χ3n) is 3.66. The van der Waals surface area contributed by atoms with Crippen molar-refractivity contribution in [3.63, 3.8) is 0 Å². The van der Waals surface area contributed by atoms with E-state index in [-0.39, 0.29) is 24.0 Å². The molecular formula is C19H26IN3O. The number of aliphatic hydroxyl groups is 1. The van der Waals surface area contributed by atoms with Crippen molar-refractivity contribution >= 4 is 29.9 Å². The minimum atomic E-state index is -0.954. The minimum absolute atomic E-state index is 0. The Balaban J connectivity index is 0.00000288. The van der Waals surface area contributed by atoms with E-state index in [0.717, 1.165) is 17.1 Å². The molecule has 5 heteroatoms. The van der Waals surface area contributed by atoms with Crippen LogP contribution in [-0.4, -0.2) is 36.6 Å². The van der Waals surface area contributed by atoms with Gasteiger partial charge in [-0.05, 0) is 18.1 Å². The van der Waals surface area contributed by atoms with Crippen molar-refractivity contribution in [1.82, 2.24) is 10.2 Å². The lowest BCUT2D eigenvalue weighted by Crippen LogP contribution is -2.44. The number of benzene rings is 2. The van der Waals surface area contributed by atoms with Crippen LogP contribution in [-0.2, 0) is 12.1 Å². The number of guanidine groups is 1. The highest BCUT2D eigenvalue weighted by molar-refractivity contribution is 14.0. The average molecular weight is 439 g/mol. The van der Waals surface area contributed by atoms with Crippen molar-refractivity contribution in [2.45, 2.75) is 19.1 Å². The maximum Gasteiger partial charge on any atom is 0.193 e. The van der Waals surface area contributed by atoms with Crippen molar-refractivity contribution in [2.75, 3.05) is 20.6 Å². The van der Waals surface area contributed by atoms with E-state index in [2.05, 4.69) is 22.4 Å². The molecule has 24 heavy (non-hydrogen) atoms. The number of hydrogen-bond acceptors (Lipinski definition) is 2. The quantitative estimate of drug-likeness (QED) is 0.428. The minimum Gasteiger partial charge on any atom is -0.384 e. The Bertz CT molecular complexity index is 628. The molecule has 0 aliphatic carbocycles. The van der Waals surface area contributed by atoms with E-state index in [1.807, 2.05) is 67.5 Å². The Morgan fingerprint density at radius 3 is 2.12 bits per heavy atom. The molecule has 1 unspecified atom stereocenters. The molecule has 0 radical (unpaired) electrons. The molecule has 2 N–H and O–H groups in total. The second-order valence-electron chi connectivity index (χ2n) is 6.01. The van der Waals surface area contributed by atoms with Gasteiger partial charge in [-0.1, -0.05) is 60.7 Å². The zero-order valence-electron chi connectivity index (χ0n) is 14.4. The summed E-state index contributed by atoms with van der Waals surface area (Å²) in [5.74, 6) is 0.755. The molecule has 0 spiro atoms. The maximum absolute atomic E-state index is 10.7. The smallest absolute Gasteiger partial charge is 0.193 e. The summed E-state index contributed by atoms with van der Waals surface area (Å²) in [7, 11) is 3.88. The van der Waals surface area contributed by atoms with Crippen molar-refractivity contribution < 1.29 is 5.11 Å². The molecule has 130 valence electrons. The van der Waals surface area contributed by atoms with Gasteiger partial charge in [0.25, 0.3) is 0 Å². The van der Waals surface area contributed by atoms with Crippen LogP contribution < -0.4 is 5.32 Å². The first kappa shape index (κ1) is 20.4. The van der Waals surface area contributed by atoms with Crippen LogP contribution in [0.15, 0.2) is 65.7 Å². The van der Waals surface area contributed by atoms with Crippen LogP contribution in [0.1, 0.15) is 18.1 Å². The Kier molecular flexibility index (Phi) is 8.21. The lowest BCUT2D eigenvalue weighted by Gasteiger charge is -2.27. The first-order chi connectivity index (χ1) is 11.0. The van der Waals surface area contributed by atoms with Crippen LogP contribution in [0.25, 0.3) is 0 Å². The number of rotatable bonds is 5. The van der Waals surface area contributed by atoms with Gasteiger partial charge in [0.2, 0.25) is 0 Å². The van der Waals surface area contributed by atoms with Crippen molar-refractivity contribution in [2.24, 2.45) is 4.99 Å². The Morgan fingerprint density at radius 1 is 1.04 bits per heavy atom. The van der Waals surface area contributed by atoms with Gasteiger partial charge in [0.1, 0.15) is 5.60 Å². The number of aliphatic imine (C=N–C) groups is 1. The summed E-state index contributed by atoms with van der Waals surface area (Å²) in [6.45, 7) is 2.80. The lowest BCUT2D eigenvalue weighted by molar-refractivity contribution is 0.0612. The molecular weight excluding hydrogens is 413 g/mol. The second-order valence-corrected chi connectivity index (χ2v) is 6.01. The third-order valence-corrected chi connectivity index (χ3v) is 3.66. The Hall–Kier alpha value is -1.60. The van der Waals surface area contributed by atoms with E-state index in [0.29, 0.717) is 13.1 Å². The normalized spacial score (nSPS) is 13.6. The molecule has 0 amide bonds. The van der Waals surface area contributed by atoms with Crippen LogP contribution in [0.4, 0.5) is 0 Å². The molecule has 1 atom stereocenters.